The van der Waals surface area contributed by atoms with Gasteiger partial charge in [-0.3, -0.25) is 4.79 Å². The Morgan fingerprint density at radius 3 is 2.31 bits per heavy atom. The second-order valence-electron chi connectivity index (χ2n) is 9.59. The van der Waals surface area contributed by atoms with Gasteiger partial charge in [-0.05, 0) is 57.9 Å². The van der Waals surface area contributed by atoms with Crippen molar-refractivity contribution in [2.75, 3.05) is 25.5 Å². The number of carbonyl (C=O) groups is 2. The van der Waals surface area contributed by atoms with E-state index in [-0.39, 0.29) is 17.9 Å². The quantitative estimate of drug-likeness (QED) is 0.544. The molecule has 1 fully saturated rings. The van der Waals surface area contributed by atoms with Crippen LogP contribution in [0.1, 0.15) is 55.6 Å². The van der Waals surface area contributed by atoms with Crippen LogP contribution in [0.5, 0.6) is 5.75 Å². The smallest absolute Gasteiger partial charge is 0.410 e. The molecule has 2 heterocycles. The lowest BCUT2D eigenvalue weighted by atomic mass is 9.90. The summed E-state index contributed by atoms with van der Waals surface area (Å²) in [7, 11) is 1.57. The maximum absolute atomic E-state index is 13.4. The number of aromatic nitrogens is 2. The van der Waals surface area contributed by atoms with Crippen molar-refractivity contribution in [3.8, 4) is 11.4 Å². The molecule has 1 aliphatic rings. The molecule has 1 N–H and O–H groups in total. The van der Waals surface area contributed by atoms with Gasteiger partial charge >= 0.3 is 6.09 Å². The number of ether oxygens (including phenoxy) is 2. The van der Waals surface area contributed by atoms with Crippen LogP contribution in [0.25, 0.3) is 5.69 Å². The minimum Gasteiger partial charge on any atom is -0.495 e. The minimum atomic E-state index is -0.538. The molecule has 1 aromatic heterocycles. The summed E-state index contributed by atoms with van der Waals surface area (Å²) in [4.78, 5) is 27.7. The van der Waals surface area contributed by atoms with E-state index in [0.717, 1.165) is 11.4 Å². The highest BCUT2D eigenvalue weighted by Gasteiger charge is 2.32. The highest BCUT2D eigenvalue weighted by Crippen LogP contribution is 2.33. The van der Waals surface area contributed by atoms with Crippen LogP contribution in [0, 0.1) is 0 Å². The highest BCUT2D eigenvalue weighted by molar-refractivity contribution is 6.05. The van der Waals surface area contributed by atoms with Crippen molar-refractivity contribution >= 4 is 17.7 Å². The minimum absolute atomic E-state index is 0.0508. The van der Waals surface area contributed by atoms with E-state index in [0.29, 0.717) is 42.9 Å². The summed E-state index contributed by atoms with van der Waals surface area (Å²) in [5, 5.41) is 7.56. The molecule has 1 saturated heterocycles. The third kappa shape index (κ3) is 5.65. The number of rotatable bonds is 5. The Labute approximate surface area is 205 Å². The van der Waals surface area contributed by atoms with Crippen molar-refractivity contribution < 1.29 is 19.1 Å². The molecule has 0 bridgehead atoms. The number of likely N-dealkylation sites (tertiary alicyclic amines) is 1. The molecule has 2 amide bonds. The predicted octanol–water partition coefficient (Wildman–Crippen LogP) is 5.25. The number of hydrogen-bond acceptors (Lipinski definition) is 5. The van der Waals surface area contributed by atoms with Crippen molar-refractivity contribution in [2.45, 2.75) is 45.1 Å². The second kappa shape index (κ2) is 10.2. The summed E-state index contributed by atoms with van der Waals surface area (Å²) in [5.41, 5.74) is 2.29. The summed E-state index contributed by atoms with van der Waals surface area (Å²) in [5.74, 6) is 0.389. The van der Waals surface area contributed by atoms with Gasteiger partial charge in [-0.15, -0.1) is 0 Å². The van der Waals surface area contributed by atoms with Gasteiger partial charge in [0.25, 0.3) is 5.91 Å². The van der Waals surface area contributed by atoms with E-state index >= 15 is 0 Å². The maximum Gasteiger partial charge on any atom is 0.410 e. The van der Waals surface area contributed by atoms with Crippen molar-refractivity contribution in [1.29, 1.82) is 0 Å². The van der Waals surface area contributed by atoms with Crippen molar-refractivity contribution in [3.63, 3.8) is 0 Å². The van der Waals surface area contributed by atoms with Gasteiger partial charge in [-0.2, -0.15) is 5.10 Å². The summed E-state index contributed by atoms with van der Waals surface area (Å²) < 4.78 is 12.8. The number of nitrogens with one attached hydrogen (secondary N) is 1. The number of benzene rings is 2. The lowest BCUT2D eigenvalue weighted by Gasteiger charge is -2.34. The van der Waals surface area contributed by atoms with Crippen molar-refractivity contribution in [1.82, 2.24) is 14.7 Å². The summed E-state index contributed by atoms with van der Waals surface area (Å²) >= 11 is 0. The van der Waals surface area contributed by atoms with E-state index in [9.17, 15) is 9.59 Å². The Morgan fingerprint density at radius 2 is 1.66 bits per heavy atom. The number of nitrogens with zero attached hydrogens (tertiary/aromatic N) is 3. The van der Waals surface area contributed by atoms with E-state index in [1.54, 1.807) is 30.3 Å². The average Bonchev–Trinajstić information content (AvgIpc) is 3.29. The van der Waals surface area contributed by atoms with E-state index in [4.69, 9.17) is 9.47 Å². The Hall–Kier alpha value is -3.81. The molecule has 1 aliphatic heterocycles. The predicted molar refractivity (Wildman–Crippen MR) is 134 cm³/mol. The SMILES string of the molecule is COc1ccccc1NC(=O)c1cnn(-c2ccccc2)c1C1CCN(C(=O)OC(C)(C)C)CC1. The number of amides is 2. The zero-order valence-corrected chi connectivity index (χ0v) is 20.7. The molecule has 0 atom stereocenters. The topological polar surface area (TPSA) is 85.7 Å². The first-order valence-corrected chi connectivity index (χ1v) is 11.8. The maximum atomic E-state index is 13.4. The zero-order chi connectivity index (χ0) is 25.0. The van der Waals surface area contributed by atoms with Crippen LogP contribution >= 0.6 is 0 Å². The van der Waals surface area contributed by atoms with Crippen LogP contribution in [0.15, 0.2) is 60.8 Å². The summed E-state index contributed by atoms with van der Waals surface area (Å²) in [6.45, 7) is 6.69. The molecule has 0 aliphatic carbocycles. The second-order valence-corrected chi connectivity index (χ2v) is 9.59. The molecule has 184 valence electrons. The molecule has 0 spiro atoms. The van der Waals surface area contributed by atoms with Crippen LogP contribution in [0.2, 0.25) is 0 Å². The molecule has 3 aromatic rings. The van der Waals surface area contributed by atoms with Crippen LogP contribution in [0.4, 0.5) is 10.5 Å². The molecule has 4 rings (SSSR count). The van der Waals surface area contributed by atoms with Gasteiger partial charge < -0.3 is 19.7 Å². The first-order valence-electron chi connectivity index (χ1n) is 11.8. The van der Waals surface area contributed by atoms with Crippen LogP contribution in [-0.4, -0.2) is 52.5 Å². The normalized spacial score (nSPS) is 14.5. The first kappa shape index (κ1) is 24.3. The van der Waals surface area contributed by atoms with E-state index < -0.39 is 5.60 Å². The molecule has 8 nitrogen and oxygen atoms in total. The van der Waals surface area contributed by atoms with Gasteiger partial charge in [0.1, 0.15) is 11.4 Å². The summed E-state index contributed by atoms with van der Waals surface area (Å²) in [6.07, 6.45) is 2.72. The van der Waals surface area contributed by atoms with Crippen LogP contribution in [-0.2, 0) is 4.74 Å². The molecular formula is C27H32N4O4. The van der Waals surface area contributed by atoms with Gasteiger partial charge in [0.2, 0.25) is 0 Å². The van der Waals surface area contributed by atoms with Gasteiger partial charge in [0.15, 0.2) is 0 Å². The standard InChI is InChI=1S/C27H32N4O4/c1-27(2,3)35-26(33)30-16-14-19(15-17-30)24-21(18-28-31(24)20-10-6-5-7-11-20)25(32)29-22-12-8-9-13-23(22)34-4/h5-13,18-19H,14-17H2,1-4H3,(H,29,32). The number of methoxy groups -OCH3 is 1. The fraction of sp³-hybridized carbons (Fsp3) is 0.370. The molecule has 8 heteroatoms. The molecule has 0 radical (unpaired) electrons. The van der Waals surface area contributed by atoms with E-state index in [1.807, 2.05) is 67.9 Å². The Kier molecular flexibility index (Phi) is 7.10. The van der Waals surface area contributed by atoms with E-state index in [2.05, 4.69) is 10.4 Å². The Bertz CT molecular complexity index is 1180. The average molecular weight is 477 g/mol. The molecule has 35 heavy (non-hydrogen) atoms. The Morgan fingerprint density at radius 1 is 1.00 bits per heavy atom. The number of anilines is 1. The third-order valence-corrected chi connectivity index (χ3v) is 5.94. The molecule has 2 aromatic carbocycles. The summed E-state index contributed by atoms with van der Waals surface area (Å²) in [6, 6.07) is 17.1. The largest absolute Gasteiger partial charge is 0.495 e. The Balaban J connectivity index is 1.61. The van der Waals surface area contributed by atoms with Crippen molar-refractivity contribution in [2.24, 2.45) is 0 Å². The van der Waals surface area contributed by atoms with Crippen LogP contribution < -0.4 is 10.1 Å². The molecule has 0 saturated carbocycles. The highest BCUT2D eigenvalue weighted by atomic mass is 16.6. The van der Waals surface area contributed by atoms with Gasteiger partial charge in [-0.1, -0.05) is 30.3 Å². The lowest BCUT2D eigenvalue weighted by Crippen LogP contribution is -2.41. The van der Waals surface area contributed by atoms with Gasteiger partial charge in [0, 0.05) is 19.0 Å². The van der Waals surface area contributed by atoms with Crippen molar-refractivity contribution in [3.05, 3.63) is 72.1 Å². The first-order chi connectivity index (χ1) is 16.8. The number of para-hydroxylation sites is 3. The fourth-order valence-corrected chi connectivity index (χ4v) is 4.30. The molecule has 0 unspecified atom stereocenters. The monoisotopic (exact) mass is 476 g/mol. The fourth-order valence-electron chi connectivity index (χ4n) is 4.30. The third-order valence-electron chi connectivity index (χ3n) is 5.94. The van der Waals surface area contributed by atoms with Crippen LogP contribution in [0.3, 0.4) is 0 Å². The van der Waals surface area contributed by atoms with E-state index in [1.165, 1.54) is 0 Å². The van der Waals surface area contributed by atoms with Gasteiger partial charge in [-0.25, -0.2) is 9.48 Å². The number of carbonyl (C=O) groups excluding carboxylic acids is 2. The lowest BCUT2D eigenvalue weighted by molar-refractivity contribution is 0.0203. The molecular weight excluding hydrogens is 444 g/mol. The number of hydrogen-bond donors (Lipinski definition) is 1. The van der Waals surface area contributed by atoms with Gasteiger partial charge in [0.05, 0.1) is 35.9 Å². The number of piperidine rings is 1. The zero-order valence-electron chi connectivity index (χ0n) is 20.7.